The fourth-order valence-electron chi connectivity index (χ4n) is 0.614. The van der Waals surface area contributed by atoms with Crippen LogP contribution in [0.1, 0.15) is 5.56 Å². The molecule has 0 aliphatic rings. The van der Waals surface area contributed by atoms with Gasteiger partial charge in [-0.1, -0.05) is 30.3 Å². The second kappa shape index (κ2) is 8.35. The van der Waals surface area contributed by atoms with E-state index >= 15 is 0 Å². The molecule has 0 amide bonds. The molecule has 11 heavy (non-hydrogen) atoms. The summed E-state index contributed by atoms with van der Waals surface area (Å²) in [5.41, 5.74) is 6.54. The maximum atomic E-state index is 5.35. The van der Waals surface area contributed by atoms with Gasteiger partial charge in [-0.2, -0.15) is 0 Å². The summed E-state index contributed by atoms with van der Waals surface area (Å²) in [6, 6.07) is 9.99. The van der Waals surface area contributed by atoms with Gasteiger partial charge in [-0.25, -0.2) is 0 Å². The first-order chi connectivity index (χ1) is 5.35. The molecule has 2 N–H and O–H groups in total. The maximum absolute atomic E-state index is 5.35. The van der Waals surface area contributed by atoms with Crippen LogP contribution in [0.5, 0.6) is 0 Å². The SMILES string of the molecule is NCc1ccccc1.[Cl][Ni][Cl]. The summed E-state index contributed by atoms with van der Waals surface area (Å²) >= 11 is 0.569. The van der Waals surface area contributed by atoms with E-state index in [9.17, 15) is 0 Å². The Morgan fingerprint density at radius 3 is 1.91 bits per heavy atom. The second-order valence-electron chi connectivity index (χ2n) is 1.73. The number of hydrogen-bond donors (Lipinski definition) is 1. The van der Waals surface area contributed by atoms with E-state index in [0.29, 0.717) is 19.2 Å². The molecule has 1 aromatic rings. The van der Waals surface area contributed by atoms with E-state index in [1.165, 1.54) is 5.56 Å². The summed E-state index contributed by atoms with van der Waals surface area (Å²) in [4.78, 5) is 0. The number of hydrogen-bond acceptors (Lipinski definition) is 1. The molecule has 1 rings (SSSR count). The third-order valence-corrected chi connectivity index (χ3v) is 1.08. The van der Waals surface area contributed by atoms with Gasteiger partial charge in [0.1, 0.15) is 0 Å². The fraction of sp³-hybridized carbons (Fsp3) is 0.143. The van der Waals surface area contributed by atoms with Crippen molar-refractivity contribution in [2.75, 3.05) is 0 Å². The molecule has 1 nitrogen and oxygen atoms in total. The molecule has 0 spiro atoms. The zero-order chi connectivity index (χ0) is 8.53. The van der Waals surface area contributed by atoms with Crippen molar-refractivity contribution in [3.8, 4) is 0 Å². The Morgan fingerprint density at radius 1 is 1.18 bits per heavy atom. The van der Waals surface area contributed by atoms with Crippen molar-refractivity contribution < 1.29 is 12.7 Å². The first-order valence-electron chi connectivity index (χ1n) is 2.91. The first kappa shape index (κ1) is 11.3. The van der Waals surface area contributed by atoms with Gasteiger partial charge in [-0.3, -0.25) is 0 Å². The molecule has 66 valence electrons. The van der Waals surface area contributed by atoms with Gasteiger partial charge in [0.15, 0.2) is 0 Å². The van der Waals surface area contributed by atoms with E-state index in [0.717, 1.165) is 0 Å². The van der Waals surface area contributed by atoms with Crippen LogP contribution >= 0.6 is 20.4 Å². The van der Waals surface area contributed by atoms with E-state index in [1.54, 1.807) is 0 Å². The van der Waals surface area contributed by atoms with Gasteiger partial charge in [-0.05, 0) is 5.56 Å². The zero-order valence-corrected chi connectivity index (χ0v) is 8.24. The molecule has 1 aromatic carbocycles. The van der Waals surface area contributed by atoms with E-state index < -0.39 is 0 Å². The number of rotatable bonds is 1. The molecule has 0 aromatic heterocycles. The van der Waals surface area contributed by atoms with E-state index in [4.69, 9.17) is 26.1 Å². The summed E-state index contributed by atoms with van der Waals surface area (Å²) in [5, 5.41) is 0. The number of halogens is 2. The molecule has 0 bridgehead atoms. The average Bonchev–Trinajstić information content (AvgIpc) is 2.08. The van der Waals surface area contributed by atoms with Crippen LogP contribution in [0.4, 0.5) is 0 Å². The van der Waals surface area contributed by atoms with Crippen LogP contribution in [0.2, 0.25) is 0 Å². The molecular weight excluding hydrogens is 228 g/mol. The Labute approximate surface area is 81.2 Å². The van der Waals surface area contributed by atoms with Crippen molar-refractivity contribution in [2.45, 2.75) is 6.54 Å². The molecule has 0 unspecified atom stereocenters. The summed E-state index contributed by atoms with van der Waals surface area (Å²) in [6.07, 6.45) is 0. The Morgan fingerprint density at radius 2 is 1.64 bits per heavy atom. The summed E-state index contributed by atoms with van der Waals surface area (Å²) in [5.74, 6) is 0. The van der Waals surface area contributed by atoms with Crippen molar-refractivity contribution in [2.24, 2.45) is 5.73 Å². The normalized spacial score (nSPS) is 8.64. The molecule has 0 saturated carbocycles. The van der Waals surface area contributed by atoms with E-state index in [2.05, 4.69) is 0 Å². The van der Waals surface area contributed by atoms with Crippen LogP contribution < -0.4 is 5.73 Å². The molecule has 0 atom stereocenters. The van der Waals surface area contributed by atoms with Crippen molar-refractivity contribution in [3.05, 3.63) is 35.9 Å². The minimum atomic E-state index is 0.569. The molecule has 0 radical (unpaired) electrons. The van der Waals surface area contributed by atoms with Crippen molar-refractivity contribution in [3.63, 3.8) is 0 Å². The van der Waals surface area contributed by atoms with Crippen molar-refractivity contribution in [1.82, 2.24) is 0 Å². The van der Waals surface area contributed by atoms with Crippen LogP contribution in [0, 0.1) is 0 Å². The summed E-state index contributed by atoms with van der Waals surface area (Å²) < 4.78 is 0. The number of benzene rings is 1. The zero-order valence-electron chi connectivity index (χ0n) is 5.74. The predicted octanol–water partition coefficient (Wildman–Crippen LogP) is 2.52. The van der Waals surface area contributed by atoms with Gasteiger partial charge < -0.3 is 5.73 Å². The average molecular weight is 237 g/mol. The van der Waals surface area contributed by atoms with Crippen LogP contribution in [0.25, 0.3) is 0 Å². The quantitative estimate of drug-likeness (QED) is 0.746. The third kappa shape index (κ3) is 6.64. The number of nitrogens with two attached hydrogens (primary N) is 1. The predicted molar refractivity (Wildman–Crippen MR) is 46.0 cm³/mol. The van der Waals surface area contributed by atoms with Gasteiger partial charge in [-0.15, -0.1) is 0 Å². The van der Waals surface area contributed by atoms with Crippen LogP contribution in [-0.4, -0.2) is 0 Å². The standard InChI is InChI=1S/C7H9N.2ClH.Ni/c8-6-7-4-2-1-3-5-7;;;/h1-5H,6,8H2;2*1H;/q;;;+2/p-2. The van der Waals surface area contributed by atoms with Gasteiger partial charge in [0, 0.05) is 6.54 Å². The monoisotopic (exact) mass is 235 g/mol. The van der Waals surface area contributed by atoms with Crippen LogP contribution in [0.3, 0.4) is 0 Å². The Hall–Kier alpha value is 0.254. The van der Waals surface area contributed by atoms with E-state index in [-0.39, 0.29) is 0 Å². The summed E-state index contributed by atoms with van der Waals surface area (Å²) in [7, 11) is 9.40. The summed E-state index contributed by atoms with van der Waals surface area (Å²) in [6.45, 7) is 0.640. The molecular formula is C7H9Cl2NNi. The topological polar surface area (TPSA) is 26.0 Å². The van der Waals surface area contributed by atoms with Crippen LogP contribution in [-0.2, 0) is 19.2 Å². The van der Waals surface area contributed by atoms with E-state index in [1.807, 2.05) is 30.3 Å². The first-order valence-corrected chi connectivity index (χ1v) is 5.63. The molecule has 0 fully saturated rings. The minimum absolute atomic E-state index is 0.569. The third-order valence-electron chi connectivity index (χ3n) is 1.08. The van der Waals surface area contributed by atoms with Gasteiger partial charge in [0.2, 0.25) is 0 Å². The molecule has 0 saturated heterocycles. The Kier molecular flexibility index (Phi) is 8.54. The van der Waals surface area contributed by atoms with Gasteiger partial charge in [0.25, 0.3) is 0 Å². The van der Waals surface area contributed by atoms with Gasteiger partial charge in [0.05, 0.1) is 0 Å². The van der Waals surface area contributed by atoms with Gasteiger partial charge >= 0.3 is 33.0 Å². The Balaban J connectivity index is 0.000000292. The van der Waals surface area contributed by atoms with Crippen LogP contribution in [0.15, 0.2) is 30.3 Å². The molecule has 0 heterocycles. The second-order valence-corrected chi connectivity index (χ2v) is 3.37. The Bertz CT molecular complexity index is 169. The molecule has 0 aliphatic carbocycles. The fourth-order valence-corrected chi connectivity index (χ4v) is 0.614. The van der Waals surface area contributed by atoms with Crippen molar-refractivity contribution in [1.29, 1.82) is 0 Å². The molecule has 4 heteroatoms. The molecule has 0 aliphatic heterocycles. The van der Waals surface area contributed by atoms with Crippen molar-refractivity contribution >= 4 is 20.4 Å².